The van der Waals surface area contributed by atoms with Crippen LogP contribution in [0.4, 0.5) is 0 Å². The molecular formula is C19H20S2. The fourth-order valence-corrected chi connectivity index (χ4v) is 5.18. The Morgan fingerprint density at radius 1 is 0.905 bits per heavy atom. The van der Waals surface area contributed by atoms with Crippen molar-refractivity contribution >= 4 is 33.8 Å². The third-order valence-electron chi connectivity index (χ3n) is 4.66. The van der Waals surface area contributed by atoms with E-state index in [0.717, 1.165) is 5.92 Å². The van der Waals surface area contributed by atoms with Crippen molar-refractivity contribution in [2.24, 2.45) is 5.92 Å². The SMILES string of the molecule is C(=C1/CC(c2cccs2)=C1c1cccs1)/C1CCCCC1. The second-order valence-corrected chi connectivity index (χ2v) is 7.97. The van der Waals surface area contributed by atoms with Gasteiger partial charge in [-0.1, -0.05) is 37.5 Å². The van der Waals surface area contributed by atoms with Gasteiger partial charge in [0.15, 0.2) is 0 Å². The van der Waals surface area contributed by atoms with Gasteiger partial charge in [0.25, 0.3) is 0 Å². The highest BCUT2D eigenvalue weighted by molar-refractivity contribution is 7.12. The molecule has 0 aliphatic heterocycles. The minimum atomic E-state index is 0.827. The smallest absolute Gasteiger partial charge is 0.0348 e. The lowest BCUT2D eigenvalue weighted by molar-refractivity contribution is 0.418. The second-order valence-electron chi connectivity index (χ2n) is 6.07. The maximum Gasteiger partial charge on any atom is 0.0348 e. The fourth-order valence-electron chi connectivity index (χ4n) is 3.57. The molecule has 0 bridgehead atoms. The Bertz CT molecular complexity index is 651. The van der Waals surface area contributed by atoms with Crippen molar-refractivity contribution in [3.05, 3.63) is 56.4 Å². The van der Waals surface area contributed by atoms with E-state index in [-0.39, 0.29) is 0 Å². The lowest BCUT2D eigenvalue weighted by Crippen LogP contribution is -2.10. The summed E-state index contributed by atoms with van der Waals surface area (Å²) in [4.78, 5) is 2.91. The van der Waals surface area contributed by atoms with Crippen LogP contribution in [0, 0.1) is 5.92 Å². The van der Waals surface area contributed by atoms with Crippen LogP contribution in [-0.4, -0.2) is 0 Å². The maximum atomic E-state index is 2.60. The van der Waals surface area contributed by atoms with Crippen molar-refractivity contribution in [2.75, 3.05) is 0 Å². The predicted molar refractivity (Wildman–Crippen MR) is 94.7 cm³/mol. The molecule has 2 aromatic rings. The van der Waals surface area contributed by atoms with E-state index in [9.17, 15) is 0 Å². The van der Waals surface area contributed by atoms with E-state index in [1.54, 1.807) is 11.1 Å². The Morgan fingerprint density at radius 3 is 2.29 bits per heavy atom. The second kappa shape index (κ2) is 5.94. The Morgan fingerprint density at radius 2 is 1.62 bits per heavy atom. The molecule has 108 valence electrons. The van der Waals surface area contributed by atoms with Crippen LogP contribution in [0.5, 0.6) is 0 Å². The quantitative estimate of drug-likeness (QED) is 0.596. The van der Waals surface area contributed by atoms with E-state index in [1.165, 1.54) is 53.9 Å². The van der Waals surface area contributed by atoms with Crippen LogP contribution in [-0.2, 0) is 0 Å². The number of hydrogen-bond acceptors (Lipinski definition) is 2. The molecule has 0 saturated heterocycles. The van der Waals surface area contributed by atoms with Crippen LogP contribution in [0.3, 0.4) is 0 Å². The van der Waals surface area contributed by atoms with E-state index >= 15 is 0 Å². The normalized spacial score (nSPS) is 21.8. The molecule has 0 N–H and O–H groups in total. The van der Waals surface area contributed by atoms with Crippen LogP contribution < -0.4 is 0 Å². The molecule has 0 spiro atoms. The molecule has 2 heterocycles. The van der Waals surface area contributed by atoms with Crippen molar-refractivity contribution in [2.45, 2.75) is 38.5 Å². The van der Waals surface area contributed by atoms with Gasteiger partial charge in [-0.15, -0.1) is 22.7 Å². The molecule has 2 aliphatic carbocycles. The summed E-state index contributed by atoms with van der Waals surface area (Å²) < 4.78 is 0. The van der Waals surface area contributed by atoms with Crippen molar-refractivity contribution < 1.29 is 0 Å². The zero-order valence-electron chi connectivity index (χ0n) is 12.2. The topological polar surface area (TPSA) is 0 Å². The highest BCUT2D eigenvalue weighted by atomic mass is 32.1. The van der Waals surface area contributed by atoms with Crippen molar-refractivity contribution in [3.63, 3.8) is 0 Å². The van der Waals surface area contributed by atoms with Crippen molar-refractivity contribution in [3.8, 4) is 0 Å². The van der Waals surface area contributed by atoms with Gasteiger partial charge in [0.05, 0.1) is 0 Å². The van der Waals surface area contributed by atoms with Crippen molar-refractivity contribution in [1.82, 2.24) is 0 Å². The number of rotatable bonds is 3. The molecular weight excluding hydrogens is 292 g/mol. The summed E-state index contributed by atoms with van der Waals surface area (Å²) >= 11 is 3.76. The van der Waals surface area contributed by atoms with E-state index in [1.807, 2.05) is 22.7 Å². The summed E-state index contributed by atoms with van der Waals surface area (Å²) in [6.45, 7) is 0. The summed E-state index contributed by atoms with van der Waals surface area (Å²) in [5.41, 5.74) is 4.71. The van der Waals surface area contributed by atoms with Gasteiger partial charge in [0.1, 0.15) is 0 Å². The molecule has 0 atom stereocenters. The van der Waals surface area contributed by atoms with Crippen LogP contribution >= 0.6 is 22.7 Å². The molecule has 21 heavy (non-hydrogen) atoms. The average Bonchev–Trinajstić information content (AvgIpc) is 3.17. The monoisotopic (exact) mass is 312 g/mol. The molecule has 2 aromatic heterocycles. The minimum Gasteiger partial charge on any atom is -0.144 e. The molecule has 0 aromatic carbocycles. The van der Waals surface area contributed by atoms with E-state index < -0.39 is 0 Å². The standard InChI is InChI=1S/C19H20S2/c1-2-6-14(7-3-1)12-15-13-16(17-8-4-10-20-17)19(15)18-9-5-11-21-18/h4-5,8-12,14H,1-3,6-7,13H2/b15-12+. The van der Waals surface area contributed by atoms with Crippen LogP contribution in [0.15, 0.2) is 46.7 Å². The molecule has 0 radical (unpaired) electrons. The van der Waals surface area contributed by atoms with Gasteiger partial charge in [0, 0.05) is 9.75 Å². The summed E-state index contributed by atoms with van der Waals surface area (Å²) in [5, 5.41) is 4.39. The van der Waals surface area contributed by atoms with Gasteiger partial charge in [-0.05, 0) is 64.8 Å². The van der Waals surface area contributed by atoms with Crippen LogP contribution in [0.25, 0.3) is 11.1 Å². The first-order valence-electron chi connectivity index (χ1n) is 7.94. The van der Waals surface area contributed by atoms with Gasteiger partial charge in [-0.2, -0.15) is 0 Å². The van der Waals surface area contributed by atoms with E-state index in [2.05, 4.69) is 41.1 Å². The molecule has 0 nitrogen and oxygen atoms in total. The van der Waals surface area contributed by atoms with Crippen LogP contribution in [0.1, 0.15) is 48.3 Å². The van der Waals surface area contributed by atoms with Crippen molar-refractivity contribution in [1.29, 1.82) is 0 Å². The molecule has 1 saturated carbocycles. The van der Waals surface area contributed by atoms with Gasteiger partial charge in [-0.3, -0.25) is 0 Å². The van der Waals surface area contributed by atoms with Gasteiger partial charge in [-0.25, -0.2) is 0 Å². The minimum absolute atomic E-state index is 0.827. The first-order valence-corrected chi connectivity index (χ1v) is 9.70. The van der Waals surface area contributed by atoms with Gasteiger partial charge < -0.3 is 0 Å². The summed E-state index contributed by atoms with van der Waals surface area (Å²) in [6.07, 6.45) is 10.9. The first-order chi connectivity index (χ1) is 10.4. The highest BCUT2D eigenvalue weighted by Gasteiger charge is 2.28. The number of thiophene rings is 2. The van der Waals surface area contributed by atoms with Crippen LogP contribution in [0.2, 0.25) is 0 Å². The Labute approximate surface area is 134 Å². The summed E-state index contributed by atoms with van der Waals surface area (Å²) in [6, 6.07) is 8.89. The largest absolute Gasteiger partial charge is 0.144 e. The molecule has 0 amide bonds. The third-order valence-corrected chi connectivity index (χ3v) is 6.48. The molecule has 2 aliphatic rings. The number of hydrogen-bond donors (Lipinski definition) is 0. The Kier molecular flexibility index (Phi) is 3.83. The third kappa shape index (κ3) is 2.67. The zero-order valence-corrected chi connectivity index (χ0v) is 13.8. The average molecular weight is 313 g/mol. The van der Waals surface area contributed by atoms with E-state index in [4.69, 9.17) is 0 Å². The maximum absolute atomic E-state index is 2.60. The number of allylic oxidation sites excluding steroid dienone is 4. The molecule has 4 rings (SSSR count). The lowest BCUT2D eigenvalue weighted by Gasteiger charge is -2.29. The Balaban J connectivity index is 1.69. The predicted octanol–water partition coefficient (Wildman–Crippen LogP) is 6.63. The lowest BCUT2D eigenvalue weighted by atomic mass is 9.77. The first kappa shape index (κ1) is 13.5. The Hall–Kier alpha value is -1.12. The molecule has 2 heteroatoms. The zero-order chi connectivity index (χ0) is 14.1. The summed E-state index contributed by atoms with van der Waals surface area (Å²) in [5.74, 6) is 0.827. The fraction of sp³-hybridized carbons (Fsp3) is 0.368. The van der Waals surface area contributed by atoms with Gasteiger partial charge >= 0.3 is 0 Å². The van der Waals surface area contributed by atoms with E-state index in [0.29, 0.717) is 0 Å². The summed E-state index contributed by atoms with van der Waals surface area (Å²) in [7, 11) is 0. The molecule has 1 fully saturated rings. The highest BCUT2D eigenvalue weighted by Crippen LogP contribution is 2.50. The molecule has 0 unspecified atom stereocenters. The van der Waals surface area contributed by atoms with Gasteiger partial charge in [0.2, 0.25) is 0 Å².